The lowest BCUT2D eigenvalue weighted by Crippen LogP contribution is -2.56. The first-order valence-corrected chi connectivity index (χ1v) is 14.9. The zero-order valence-corrected chi connectivity index (χ0v) is 25.7. The van der Waals surface area contributed by atoms with E-state index in [1.807, 2.05) is 12.4 Å². The Morgan fingerprint density at radius 3 is 2.12 bits per heavy atom. The minimum absolute atomic E-state index is 0.00338. The van der Waals surface area contributed by atoms with Crippen LogP contribution in [0, 0.1) is 0 Å². The van der Waals surface area contributed by atoms with Crippen LogP contribution < -0.4 is 15.8 Å². The predicted molar refractivity (Wildman–Crippen MR) is 186 cm³/mol. The molecule has 4 aromatic carbocycles. The van der Waals surface area contributed by atoms with Gasteiger partial charge in [0.25, 0.3) is 6.71 Å². The lowest BCUT2D eigenvalue weighted by Gasteiger charge is -2.43. The number of hydrogen-bond donors (Lipinski definition) is 0. The Kier molecular flexibility index (Phi) is 6.04. The maximum absolute atomic E-state index is 5.06. The van der Waals surface area contributed by atoms with Gasteiger partial charge >= 0.3 is 0 Å². The first-order valence-electron chi connectivity index (χ1n) is 14.9. The minimum atomic E-state index is -0.0230. The molecule has 0 saturated heterocycles. The average Bonchev–Trinajstić information content (AvgIpc) is 3.45. The van der Waals surface area contributed by atoms with E-state index in [9.17, 15) is 0 Å². The van der Waals surface area contributed by atoms with Crippen molar-refractivity contribution in [3.05, 3.63) is 133 Å². The molecule has 0 atom stereocenters. The van der Waals surface area contributed by atoms with Gasteiger partial charge in [0.15, 0.2) is 0 Å². The highest BCUT2D eigenvalue weighted by Crippen LogP contribution is 2.49. The molecule has 0 saturated carbocycles. The van der Waals surface area contributed by atoms with Crippen molar-refractivity contribution < 1.29 is 0 Å². The van der Waals surface area contributed by atoms with Crippen molar-refractivity contribution >= 4 is 39.9 Å². The van der Waals surface area contributed by atoms with Crippen LogP contribution >= 0.6 is 0 Å². The van der Waals surface area contributed by atoms with Crippen LogP contribution in [0.4, 0.5) is 5.69 Å². The van der Waals surface area contributed by atoms with Crippen molar-refractivity contribution in [2.75, 3.05) is 11.9 Å². The summed E-state index contributed by atoms with van der Waals surface area (Å²) in [5.41, 5.74) is 17.1. The summed E-state index contributed by atoms with van der Waals surface area (Å²) in [7, 11) is 2.14. The van der Waals surface area contributed by atoms with E-state index in [1.54, 1.807) is 0 Å². The van der Waals surface area contributed by atoms with Crippen LogP contribution in [0.25, 0.3) is 44.5 Å². The molecule has 3 heterocycles. The number of allylic oxidation sites excluding steroid dienone is 4. The van der Waals surface area contributed by atoms with Gasteiger partial charge in [-0.15, -0.1) is 0 Å². The number of likely N-dealkylation sites (N-methyl/N-ethyl adjacent to an activating group) is 1. The second-order valence-corrected chi connectivity index (χ2v) is 12.7. The molecule has 0 fully saturated rings. The minimum Gasteiger partial charge on any atom is -0.345 e. The van der Waals surface area contributed by atoms with Gasteiger partial charge in [-0.25, -0.2) is 4.98 Å². The fourth-order valence-electron chi connectivity index (χ4n) is 7.12. The third kappa shape index (κ3) is 3.79. The Morgan fingerprint density at radius 1 is 0.907 bits per heavy atom. The van der Waals surface area contributed by atoms with Crippen LogP contribution in [-0.4, -0.2) is 23.3 Å². The fourth-order valence-corrected chi connectivity index (χ4v) is 7.12. The number of anilines is 1. The summed E-state index contributed by atoms with van der Waals surface area (Å²) in [5, 5.41) is 0. The summed E-state index contributed by atoms with van der Waals surface area (Å²) < 4.78 is 2.34. The number of imidazole rings is 1. The lowest BCUT2D eigenvalue weighted by atomic mass is 9.32. The third-order valence-corrected chi connectivity index (χ3v) is 9.25. The monoisotopic (exact) mass is 557 g/mol. The van der Waals surface area contributed by atoms with Crippen molar-refractivity contribution in [2.24, 2.45) is 0 Å². The molecule has 5 aromatic rings. The van der Waals surface area contributed by atoms with Crippen LogP contribution in [0.15, 0.2) is 122 Å². The summed E-state index contributed by atoms with van der Waals surface area (Å²) >= 11 is 0. The fraction of sp³-hybridized carbons (Fsp3) is 0.154. The van der Waals surface area contributed by atoms with Gasteiger partial charge in [-0.2, -0.15) is 0 Å². The Morgan fingerprint density at radius 2 is 1.53 bits per heavy atom. The van der Waals surface area contributed by atoms with Gasteiger partial charge in [0.1, 0.15) is 6.33 Å². The second-order valence-electron chi connectivity index (χ2n) is 12.7. The smallest absolute Gasteiger partial charge is 0.251 e. The number of fused-ring (bicyclic) bond motifs is 2. The van der Waals surface area contributed by atoms with Crippen molar-refractivity contribution in [3.63, 3.8) is 0 Å². The third-order valence-electron chi connectivity index (χ3n) is 9.25. The van der Waals surface area contributed by atoms with E-state index in [4.69, 9.17) is 4.98 Å². The topological polar surface area (TPSA) is 21.1 Å². The summed E-state index contributed by atoms with van der Waals surface area (Å²) in [6.07, 6.45) is 6.15. The average molecular weight is 558 g/mol. The molecule has 0 bridgehead atoms. The van der Waals surface area contributed by atoms with E-state index in [-0.39, 0.29) is 12.1 Å². The number of benzene rings is 4. The van der Waals surface area contributed by atoms with Crippen LogP contribution in [0.1, 0.15) is 38.8 Å². The first-order chi connectivity index (χ1) is 20.7. The van der Waals surface area contributed by atoms with Gasteiger partial charge in [0, 0.05) is 35.1 Å². The van der Waals surface area contributed by atoms with Gasteiger partial charge in [0.2, 0.25) is 0 Å². The van der Waals surface area contributed by atoms with E-state index >= 15 is 0 Å². The zero-order valence-electron chi connectivity index (χ0n) is 25.7. The van der Waals surface area contributed by atoms with Gasteiger partial charge < -0.3 is 4.90 Å². The van der Waals surface area contributed by atoms with Gasteiger partial charge in [-0.3, -0.25) is 4.57 Å². The van der Waals surface area contributed by atoms with E-state index in [0.29, 0.717) is 0 Å². The Labute approximate surface area is 255 Å². The van der Waals surface area contributed by atoms with Crippen LogP contribution in [0.5, 0.6) is 0 Å². The Hall–Kier alpha value is -4.83. The molecule has 4 heteroatoms. The quantitative estimate of drug-likeness (QED) is 0.164. The number of hydrogen-bond acceptors (Lipinski definition) is 2. The van der Waals surface area contributed by atoms with Crippen molar-refractivity contribution in [1.29, 1.82) is 0 Å². The summed E-state index contributed by atoms with van der Waals surface area (Å²) in [6.45, 7) is 22.4. The molecule has 2 aliphatic heterocycles. The van der Waals surface area contributed by atoms with Gasteiger partial charge in [-0.05, 0) is 57.1 Å². The van der Waals surface area contributed by atoms with Crippen molar-refractivity contribution in [2.45, 2.75) is 33.1 Å². The molecule has 210 valence electrons. The molecule has 0 unspecified atom stereocenters. The van der Waals surface area contributed by atoms with E-state index in [1.165, 1.54) is 38.7 Å². The van der Waals surface area contributed by atoms with Crippen LogP contribution in [0.3, 0.4) is 0 Å². The summed E-state index contributed by atoms with van der Waals surface area (Å²) in [5.74, 6) is 0. The van der Waals surface area contributed by atoms with E-state index in [2.05, 4.69) is 143 Å². The van der Waals surface area contributed by atoms with E-state index in [0.717, 1.165) is 44.7 Å². The maximum Gasteiger partial charge on any atom is 0.251 e. The van der Waals surface area contributed by atoms with Crippen LogP contribution in [-0.2, 0) is 5.41 Å². The highest BCUT2D eigenvalue weighted by Gasteiger charge is 2.45. The van der Waals surface area contributed by atoms with Crippen LogP contribution in [0.2, 0.25) is 0 Å². The Bertz CT molecular complexity index is 2020. The number of rotatable bonds is 4. The van der Waals surface area contributed by atoms with E-state index < -0.39 is 0 Å². The largest absolute Gasteiger partial charge is 0.345 e. The number of aromatic nitrogens is 2. The first kappa shape index (κ1) is 27.0. The van der Waals surface area contributed by atoms with Crippen molar-refractivity contribution in [1.82, 2.24) is 9.55 Å². The SMILES string of the molecule is C=CC(=C)c1c(-c2ccccc2)c(-c2ccccc2)c2c3c1N(C)C(=C)/C(=C\C)B3c1cc(C(C)(C)C)cc3ncn-2c13. The lowest BCUT2D eigenvalue weighted by molar-refractivity contribution is 0.591. The highest BCUT2D eigenvalue weighted by atomic mass is 15.1. The summed E-state index contributed by atoms with van der Waals surface area (Å²) in [4.78, 5) is 7.32. The molecular formula is C39H36BN3. The highest BCUT2D eigenvalue weighted by molar-refractivity contribution is 6.96. The summed E-state index contributed by atoms with van der Waals surface area (Å²) in [6, 6.07) is 26.1. The zero-order chi connectivity index (χ0) is 30.2. The molecule has 3 nitrogen and oxygen atoms in total. The predicted octanol–water partition coefficient (Wildman–Crippen LogP) is 8.23. The molecule has 0 N–H and O–H groups in total. The molecule has 43 heavy (non-hydrogen) atoms. The maximum atomic E-state index is 5.06. The molecule has 0 radical (unpaired) electrons. The molecule has 0 amide bonds. The molecule has 7 rings (SSSR count). The number of nitrogens with zero attached hydrogens (tertiary/aromatic N) is 3. The van der Waals surface area contributed by atoms with Gasteiger partial charge in [-0.1, -0.05) is 119 Å². The Balaban J connectivity index is 1.79. The van der Waals surface area contributed by atoms with Crippen molar-refractivity contribution in [3.8, 4) is 27.9 Å². The second kappa shape index (κ2) is 9.60. The molecular weight excluding hydrogens is 521 g/mol. The standard InChI is InChI=1S/C39H36BN3/c1-9-24(3)32-33(26-17-13-11-14-18-26)34(27-19-15-12-16-20-27)38-35-37(32)42(8)25(4)29(10-2)40(35)30-21-28(39(5,6)7)22-31-36(30)43(38)23-41-31/h9-23H,1,3-4H2,2,5-8H3/b29-10+. The normalized spacial score (nSPS) is 14.8. The molecule has 1 aromatic heterocycles. The molecule has 0 spiro atoms. The molecule has 0 aliphatic carbocycles. The van der Waals surface area contributed by atoms with Gasteiger partial charge in [0.05, 0.1) is 16.7 Å². The molecule has 2 aliphatic rings.